The molecule has 0 amide bonds. The van der Waals surface area contributed by atoms with E-state index in [1.54, 1.807) is 0 Å². The lowest BCUT2D eigenvalue weighted by molar-refractivity contribution is -0.139. The van der Waals surface area contributed by atoms with Crippen molar-refractivity contribution in [2.75, 3.05) is 0 Å². The summed E-state index contributed by atoms with van der Waals surface area (Å²) in [5, 5.41) is 8.47. The highest BCUT2D eigenvalue weighted by Crippen LogP contribution is 2.29. The van der Waals surface area contributed by atoms with Gasteiger partial charge in [-0.1, -0.05) is 18.2 Å². The van der Waals surface area contributed by atoms with Crippen molar-refractivity contribution >= 4 is 16.0 Å². The van der Waals surface area contributed by atoms with E-state index in [0.717, 1.165) is 6.07 Å². The fourth-order valence-electron chi connectivity index (χ4n) is 1.59. The number of rotatable bonds is 5. The fourth-order valence-corrected chi connectivity index (χ4v) is 3.10. The monoisotopic (exact) mass is 273 g/mol. The highest BCUT2D eigenvalue weighted by molar-refractivity contribution is 7.90. The molecular weight excluding hydrogens is 261 g/mol. The van der Waals surface area contributed by atoms with E-state index in [2.05, 4.69) is 0 Å². The van der Waals surface area contributed by atoms with Crippen LogP contribution in [0.2, 0.25) is 0 Å². The predicted octanol–water partition coefficient (Wildman–Crippen LogP) is 1.03. The average Bonchev–Trinajstić information content (AvgIpc) is 3.10. The molecule has 5 nitrogen and oxygen atoms in total. The molecule has 98 valence electrons. The third-order valence-electron chi connectivity index (χ3n) is 2.71. The Labute approximate surface area is 104 Å². The second-order valence-corrected chi connectivity index (χ2v) is 6.15. The Morgan fingerprint density at radius 3 is 2.50 bits per heavy atom. The summed E-state index contributed by atoms with van der Waals surface area (Å²) in [5.41, 5.74) is -0.186. The zero-order chi connectivity index (χ0) is 13.3. The van der Waals surface area contributed by atoms with Crippen LogP contribution in [0.1, 0.15) is 24.4 Å². The molecule has 1 atom stereocenters. The summed E-state index contributed by atoms with van der Waals surface area (Å²) in [7, 11) is -3.69. The Morgan fingerprint density at radius 1 is 1.39 bits per heavy atom. The van der Waals surface area contributed by atoms with E-state index in [0.29, 0.717) is 12.8 Å². The van der Waals surface area contributed by atoms with Crippen molar-refractivity contribution in [3.8, 4) is 0 Å². The first-order valence-electron chi connectivity index (χ1n) is 5.40. The third-order valence-corrected chi connectivity index (χ3v) is 4.62. The number of nitrogens with one attached hydrogen (secondary N) is 1. The lowest BCUT2D eigenvalue weighted by Gasteiger charge is -2.15. The van der Waals surface area contributed by atoms with Gasteiger partial charge in [-0.3, -0.25) is 4.79 Å². The lowest BCUT2D eigenvalue weighted by atomic mass is 10.1. The van der Waals surface area contributed by atoms with Gasteiger partial charge in [0.05, 0.1) is 5.25 Å². The first-order chi connectivity index (χ1) is 8.42. The third kappa shape index (κ3) is 2.68. The standard InChI is InChI=1S/C11H12FNO4S/c12-9-4-2-1-3-8(9)10(11(14)15)13-18(16,17)7-5-6-7/h1-4,7,10,13H,5-6H2,(H,14,15). The minimum Gasteiger partial charge on any atom is -0.480 e. The minimum atomic E-state index is -3.69. The molecule has 2 N–H and O–H groups in total. The summed E-state index contributed by atoms with van der Waals surface area (Å²) in [5.74, 6) is -2.17. The molecule has 1 aliphatic rings. The van der Waals surface area contributed by atoms with Crippen LogP contribution in [0.15, 0.2) is 24.3 Å². The Morgan fingerprint density at radius 2 is 2.00 bits per heavy atom. The molecule has 0 aliphatic heterocycles. The quantitative estimate of drug-likeness (QED) is 0.839. The van der Waals surface area contributed by atoms with Gasteiger partial charge in [0, 0.05) is 5.56 Å². The molecule has 0 bridgehead atoms. The Bertz CT molecular complexity index is 568. The van der Waals surface area contributed by atoms with Crippen LogP contribution in [0.3, 0.4) is 0 Å². The number of aliphatic carboxylic acids is 1. The summed E-state index contributed by atoms with van der Waals surface area (Å²) in [6.45, 7) is 0. The van der Waals surface area contributed by atoms with Gasteiger partial charge in [-0.05, 0) is 18.9 Å². The molecule has 0 aromatic heterocycles. The van der Waals surface area contributed by atoms with Gasteiger partial charge < -0.3 is 5.11 Å². The van der Waals surface area contributed by atoms with Gasteiger partial charge in [0.2, 0.25) is 10.0 Å². The molecule has 0 saturated heterocycles. The SMILES string of the molecule is O=C(O)C(NS(=O)(=O)C1CC1)c1ccccc1F. The van der Waals surface area contributed by atoms with Gasteiger partial charge in [-0.2, -0.15) is 4.72 Å². The van der Waals surface area contributed by atoms with Crippen LogP contribution in [0, 0.1) is 5.82 Å². The van der Waals surface area contributed by atoms with E-state index >= 15 is 0 Å². The zero-order valence-corrected chi connectivity index (χ0v) is 10.2. The van der Waals surface area contributed by atoms with Crippen molar-refractivity contribution in [2.45, 2.75) is 24.1 Å². The maximum atomic E-state index is 13.5. The number of benzene rings is 1. The van der Waals surface area contributed by atoms with Crippen molar-refractivity contribution in [3.63, 3.8) is 0 Å². The van der Waals surface area contributed by atoms with Gasteiger partial charge in [0.1, 0.15) is 11.9 Å². The number of carboxylic acid groups (broad SMARTS) is 1. The maximum absolute atomic E-state index is 13.5. The number of carboxylic acids is 1. The van der Waals surface area contributed by atoms with Crippen LogP contribution < -0.4 is 4.72 Å². The number of carbonyl (C=O) groups is 1. The molecule has 18 heavy (non-hydrogen) atoms. The second-order valence-electron chi connectivity index (χ2n) is 4.15. The normalized spacial score (nSPS) is 17.4. The molecule has 7 heteroatoms. The number of hydrogen-bond donors (Lipinski definition) is 2. The van der Waals surface area contributed by atoms with Gasteiger partial charge in [0.15, 0.2) is 0 Å². The van der Waals surface area contributed by atoms with Crippen LogP contribution >= 0.6 is 0 Å². The van der Waals surface area contributed by atoms with E-state index in [4.69, 9.17) is 5.11 Å². The summed E-state index contributed by atoms with van der Waals surface area (Å²) >= 11 is 0. The van der Waals surface area contributed by atoms with Crippen molar-refractivity contribution in [1.82, 2.24) is 4.72 Å². The van der Waals surface area contributed by atoms with Crippen molar-refractivity contribution in [2.24, 2.45) is 0 Å². The Hall–Kier alpha value is -1.47. The zero-order valence-electron chi connectivity index (χ0n) is 9.34. The van der Waals surface area contributed by atoms with E-state index in [1.165, 1.54) is 18.2 Å². The molecular formula is C11H12FNO4S. The molecule has 1 fully saturated rings. The number of halogens is 1. The van der Waals surface area contributed by atoms with Gasteiger partial charge >= 0.3 is 5.97 Å². The Kier molecular flexibility index (Phi) is 3.36. The van der Waals surface area contributed by atoms with E-state index < -0.39 is 33.1 Å². The van der Waals surface area contributed by atoms with E-state index in [-0.39, 0.29) is 5.56 Å². The molecule has 1 aliphatic carbocycles. The first-order valence-corrected chi connectivity index (χ1v) is 6.95. The highest BCUT2D eigenvalue weighted by atomic mass is 32.2. The summed E-state index contributed by atoms with van der Waals surface area (Å²) in [6.07, 6.45) is 1.03. The van der Waals surface area contributed by atoms with Gasteiger partial charge in [-0.15, -0.1) is 0 Å². The van der Waals surface area contributed by atoms with Gasteiger partial charge in [-0.25, -0.2) is 12.8 Å². The Balaban J connectivity index is 2.30. The second kappa shape index (κ2) is 4.66. The van der Waals surface area contributed by atoms with Crippen LogP contribution in [0.25, 0.3) is 0 Å². The van der Waals surface area contributed by atoms with Gasteiger partial charge in [0.25, 0.3) is 0 Å². The molecule has 0 heterocycles. The average molecular weight is 273 g/mol. The van der Waals surface area contributed by atoms with Crippen LogP contribution in [-0.4, -0.2) is 24.7 Å². The molecule has 1 saturated carbocycles. The largest absolute Gasteiger partial charge is 0.480 e. The van der Waals surface area contributed by atoms with Crippen LogP contribution in [-0.2, 0) is 14.8 Å². The van der Waals surface area contributed by atoms with Crippen molar-refractivity contribution in [1.29, 1.82) is 0 Å². The van der Waals surface area contributed by atoms with Crippen LogP contribution in [0.4, 0.5) is 4.39 Å². The van der Waals surface area contributed by atoms with Crippen molar-refractivity contribution < 1.29 is 22.7 Å². The number of hydrogen-bond acceptors (Lipinski definition) is 3. The smallest absolute Gasteiger partial charge is 0.326 e. The molecule has 2 rings (SSSR count). The highest BCUT2D eigenvalue weighted by Gasteiger charge is 2.39. The minimum absolute atomic E-state index is 0.186. The topological polar surface area (TPSA) is 83.5 Å². The van der Waals surface area contributed by atoms with E-state index in [1.807, 2.05) is 4.72 Å². The summed E-state index contributed by atoms with van der Waals surface area (Å²) in [6, 6.07) is 3.63. The summed E-state index contributed by atoms with van der Waals surface area (Å²) < 4.78 is 38.9. The van der Waals surface area contributed by atoms with Crippen molar-refractivity contribution in [3.05, 3.63) is 35.6 Å². The number of sulfonamides is 1. The maximum Gasteiger partial charge on any atom is 0.326 e. The molecule has 1 aromatic carbocycles. The lowest BCUT2D eigenvalue weighted by Crippen LogP contribution is -2.36. The van der Waals surface area contributed by atoms with Crippen LogP contribution in [0.5, 0.6) is 0 Å². The predicted molar refractivity (Wildman–Crippen MR) is 61.9 cm³/mol. The van der Waals surface area contributed by atoms with E-state index in [9.17, 15) is 17.6 Å². The molecule has 0 spiro atoms. The molecule has 0 radical (unpaired) electrons. The molecule has 1 unspecified atom stereocenters. The molecule has 1 aromatic rings. The fraction of sp³-hybridized carbons (Fsp3) is 0.364. The first kappa shape index (κ1) is 13.0. The summed E-state index contributed by atoms with van der Waals surface area (Å²) in [4.78, 5) is 11.1.